The first-order valence-electron chi connectivity index (χ1n) is 5.94. The Morgan fingerprint density at radius 3 is 2.50 bits per heavy atom. The SMILES string of the molecule is OCCNC(=S)NC1COC(CC(F)(F)F)C(O)C1O. The predicted molar refractivity (Wildman–Crippen MR) is 67.0 cm³/mol. The Balaban J connectivity index is 2.50. The fourth-order valence-corrected chi connectivity index (χ4v) is 2.06. The Bertz CT molecular complexity index is 332. The average molecular weight is 318 g/mol. The fourth-order valence-electron chi connectivity index (χ4n) is 1.81. The largest absolute Gasteiger partial charge is 0.395 e. The van der Waals surface area contributed by atoms with Crippen LogP contribution in [0.3, 0.4) is 0 Å². The van der Waals surface area contributed by atoms with Gasteiger partial charge in [0.15, 0.2) is 5.11 Å². The van der Waals surface area contributed by atoms with Crippen LogP contribution in [0, 0.1) is 0 Å². The van der Waals surface area contributed by atoms with Crippen LogP contribution in [0.25, 0.3) is 0 Å². The highest BCUT2D eigenvalue weighted by Gasteiger charge is 2.44. The van der Waals surface area contributed by atoms with E-state index in [4.69, 9.17) is 22.1 Å². The number of aliphatic hydroxyl groups excluding tert-OH is 3. The van der Waals surface area contributed by atoms with Crippen LogP contribution in [0.2, 0.25) is 0 Å². The van der Waals surface area contributed by atoms with Crippen molar-refractivity contribution < 1.29 is 33.2 Å². The van der Waals surface area contributed by atoms with Crippen LogP contribution >= 0.6 is 12.2 Å². The topological polar surface area (TPSA) is 94.0 Å². The molecule has 0 aromatic carbocycles. The van der Waals surface area contributed by atoms with E-state index in [2.05, 4.69) is 10.6 Å². The van der Waals surface area contributed by atoms with Crippen LogP contribution in [0.15, 0.2) is 0 Å². The molecule has 1 saturated heterocycles. The van der Waals surface area contributed by atoms with E-state index >= 15 is 0 Å². The number of hydrogen-bond acceptors (Lipinski definition) is 5. The molecule has 0 spiro atoms. The van der Waals surface area contributed by atoms with E-state index in [1.54, 1.807) is 0 Å². The lowest BCUT2D eigenvalue weighted by atomic mass is 9.96. The van der Waals surface area contributed by atoms with E-state index in [9.17, 15) is 23.4 Å². The molecule has 1 rings (SSSR count). The summed E-state index contributed by atoms with van der Waals surface area (Å²) in [4.78, 5) is 0. The van der Waals surface area contributed by atoms with Crippen molar-refractivity contribution in [3.8, 4) is 0 Å². The Kier molecular flexibility index (Phi) is 6.40. The van der Waals surface area contributed by atoms with Crippen molar-refractivity contribution in [2.45, 2.75) is 37.0 Å². The third-order valence-corrected chi connectivity index (χ3v) is 3.04. The number of alkyl halides is 3. The summed E-state index contributed by atoms with van der Waals surface area (Å²) in [5.41, 5.74) is 0. The molecule has 1 aliphatic rings. The maximum absolute atomic E-state index is 12.2. The molecule has 0 aromatic heterocycles. The quantitative estimate of drug-likeness (QED) is 0.419. The minimum Gasteiger partial charge on any atom is -0.395 e. The summed E-state index contributed by atoms with van der Waals surface area (Å²) in [5.74, 6) is 0. The van der Waals surface area contributed by atoms with Crippen LogP contribution in [0.4, 0.5) is 13.2 Å². The third kappa shape index (κ3) is 5.37. The molecule has 5 N–H and O–H groups in total. The van der Waals surface area contributed by atoms with Gasteiger partial charge in [0.25, 0.3) is 0 Å². The normalized spacial score (nSPS) is 30.9. The predicted octanol–water partition coefficient (Wildman–Crippen LogP) is -1.12. The molecule has 10 heteroatoms. The Hall–Kier alpha value is -0.680. The third-order valence-electron chi connectivity index (χ3n) is 2.78. The smallest absolute Gasteiger partial charge is 0.391 e. The summed E-state index contributed by atoms with van der Waals surface area (Å²) in [6.45, 7) is -0.184. The first kappa shape index (κ1) is 17.4. The summed E-state index contributed by atoms with van der Waals surface area (Å²) >= 11 is 4.85. The molecule has 20 heavy (non-hydrogen) atoms. The molecule has 6 nitrogen and oxygen atoms in total. The number of thiocarbonyl (C=S) groups is 1. The lowest BCUT2D eigenvalue weighted by Gasteiger charge is -2.38. The van der Waals surface area contributed by atoms with E-state index in [1.807, 2.05) is 0 Å². The van der Waals surface area contributed by atoms with Gasteiger partial charge in [-0.15, -0.1) is 0 Å². The first-order valence-corrected chi connectivity index (χ1v) is 6.35. The van der Waals surface area contributed by atoms with Crippen LogP contribution in [-0.2, 0) is 4.74 Å². The van der Waals surface area contributed by atoms with Crippen molar-refractivity contribution in [2.75, 3.05) is 19.8 Å². The van der Waals surface area contributed by atoms with Crippen molar-refractivity contribution in [1.82, 2.24) is 10.6 Å². The van der Waals surface area contributed by atoms with Gasteiger partial charge >= 0.3 is 6.18 Å². The molecule has 0 aromatic rings. The number of nitrogens with one attached hydrogen (secondary N) is 2. The van der Waals surface area contributed by atoms with Gasteiger partial charge < -0.3 is 30.7 Å². The van der Waals surface area contributed by atoms with Gasteiger partial charge in [-0.25, -0.2) is 0 Å². The van der Waals surface area contributed by atoms with Crippen LogP contribution in [-0.4, -0.2) is 70.7 Å². The van der Waals surface area contributed by atoms with Gasteiger partial charge in [-0.2, -0.15) is 13.2 Å². The molecule has 0 saturated carbocycles. The van der Waals surface area contributed by atoms with Crippen LogP contribution in [0.5, 0.6) is 0 Å². The van der Waals surface area contributed by atoms with Gasteiger partial charge in [-0.1, -0.05) is 0 Å². The van der Waals surface area contributed by atoms with Gasteiger partial charge in [0, 0.05) is 6.54 Å². The van der Waals surface area contributed by atoms with E-state index in [0.717, 1.165) is 0 Å². The Morgan fingerprint density at radius 1 is 1.30 bits per heavy atom. The highest BCUT2D eigenvalue weighted by molar-refractivity contribution is 7.80. The summed E-state index contributed by atoms with van der Waals surface area (Å²) in [7, 11) is 0. The summed E-state index contributed by atoms with van der Waals surface area (Å²) in [6.07, 6.45) is -10.4. The van der Waals surface area contributed by atoms with Crippen molar-refractivity contribution in [3.63, 3.8) is 0 Å². The molecule has 4 unspecified atom stereocenters. The molecule has 1 heterocycles. The van der Waals surface area contributed by atoms with Gasteiger partial charge in [0.1, 0.15) is 12.2 Å². The zero-order valence-electron chi connectivity index (χ0n) is 10.4. The van der Waals surface area contributed by atoms with Crippen molar-refractivity contribution >= 4 is 17.3 Å². The van der Waals surface area contributed by atoms with E-state index in [-0.39, 0.29) is 24.9 Å². The molecule has 118 valence electrons. The maximum atomic E-state index is 12.2. The Labute approximate surface area is 118 Å². The zero-order valence-corrected chi connectivity index (χ0v) is 11.2. The van der Waals surface area contributed by atoms with Crippen molar-refractivity contribution in [1.29, 1.82) is 0 Å². The second-order valence-electron chi connectivity index (χ2n) is 4.40. The zero-order chi connectivity index (χ0) is 15.3. The standard InChI is InChI=1S/C10H17F3N2O4S/c11-10(12,13)3-6-8(18)7(17)5(4-19-6)15-9(20)14-1-2-16/h5-8,16-18H,1-4H2,(H2,14,15,20). The number of rotatable bonds is 4. The fraction of sp³-hybridized carbons (Fsp3) is 0.900. The monoisotopic (exact) mass is 318 g/mol. The van der Waals surface area contributed by atoms with Crippen LogP contribution in [0.1, 0.15) is 6.42 Å². The minimum absolute atomic E-state index is 0.105. The second-order valence-corrected chi connectivity index (χ2v) is 4.81. The number of aliphatic hydroxyl groups is 3. The van der Waals surface area contributed by atoms with Crippen molar-refractivity contribution in [2.24, 2.45) is 0 Å². The summed E-state index contributed by atoms with van der Waals surface area (Å²) in [6, 6.07) is -0.826. The van der Waals surface area contributed by atoms with Crippen molar-refractivity contribution in [3.05, 3.63) is 0 Å². The lowest BCUT2D eigenvalue weighted by molar-refractivity contribution is -0.206. The average Bonchev–Trinajstić information content (AvgIpc) is 2.34. The number of ether oxygens (including phenoxy) is 1. The van der Waals surface area contributed by atoms with E-state index < -0.39 is 37.0 Å². The number of halogens is 3. The molecule has 1 aliphatic heterocycles. The highest BCUT2D eigenvalue weighted by Crippen LogP contribution is 2.28. The molecule has 0 bridgehead atoms. The van der Waals surface area contributed by atoms with Gasteiger partial charge in [-0.3, -0.25) is 0 Å². The molecule has 1 fully saturated rings. The van der Waals surface area contributed by atoms with E-state index in [0.29, 0.717) is 0 Å². The molecule has 4 atom stereocenters. The lowest BCUT2D eigenvalue weighted by Crippen LogP contribution is -2.61. The second kappa shape index (κ2) is 7.36. The molecular weight excluding hydrogens is 301 g/mol. The number of hydrogen-bond donors (Lipinski definition) is 5. The molecule has 0 aliphatic carbocycles. The minimum atomic E-state index is -4.48. The molecular formula is C10H17F3N2O4S. The van der Waals surface area contributed by atoms with Crippen LogP contribution < -0.4 is 10.6 Å². The maximum Gasteiger partial charge on any atom is 0.391 e. The van der Waals surface area contributed by atoms with Gasteiger partial charge in [-0.05, 0) is 12.2 Å². The molecule has 0 amide bonds. The van der Waals surface area contributed by atoms with Gasteiger partial charge in [0.05, 0.1) is 31.8 Å². The highest BCUT2D eigenvalue weighted by atomic mass is 32.1. The summed E-state index contributed by atoms with van der Waals surface area (Å²) in [5, 5.41) is 33.3. The molecule has 0 radical (unpaired) electrons. The van der Waals surface area contributed by atoms with E-state index in [1.165, 1.54) is 0 Å². The first-order chi connectivity index (χ1) is 9.24. The van der Waals surface area contributed by atoms with Gasteiger partial charge in [0.2, 0.25) is 0 Å². The Morgan fingerprint density at radius 2 is 1.95 bits per heavy atom. The summed E-state index contributed by atoms with van der Waals surface area (Å²) < 4.78 is 41.7.